The first-order valence-corrected chi connectivity index (χ1v) is 8.03. The minimum absolute atomic E-state index is 0.00232. The molecular weight excluding hydrogens is 432 g/mol. The Morgan fingerprint density at radius 3 is 1.76 bits per heavy atom. The number of halogens is 9. The SMILES string of the molecule is Fc1cc(Cl)ccc1-c1cc(F)c(C(F)(F)Oc2cc(F)c(F)c(F)c2)c(F)c1. The van der Waals surface area contributed by atoms with Gasteiger partial charge in [0.05, 0.1) is 0 Å². The van der Waals surface area contributed by atoms with E-state index in [0.29, 0.717) is 12.1 Å². The van der Waals surface area contributed by atoms with E-state index in [2.05, 4.69) is 4.74 Å². The van der Waals surface area contributed by atoms with Crippen molar-refractivity contribution in [3.05, 3.63) is 88.0 Å². The number of rotatable bonds is 4. The van der Waals surface area contributed by atoms with Crippen molar-refractivity contribution in [1.82, 2.24) is 0 Å². The molecule has 0 N–H and O–H groups in total. The summed E-state index contributed by atoms with van der Waals surface area (Å²) in [5.41, 5.74) is -2.61. The Hall–Kier alpha value is -2.81. The second kappa shape index (κ2) is 7.55. The molecule has 152 valence electrons. The van der Waals surface area contributed by atoms with Gasteiger partial charge >= 0.3 is 6.11 Å². The van der Waals surface area contributed by atoms with Crippen molar-refractivity contribution in [2.24, 2.45) is 0 Å². The van der Waals surface area contributed by atoms with Crippen LogP contribution >= 0.6 is 11.6 Å². The quantitative estimate of drug-likeness (QED) is 0.316. The van der Waals surface area contributed by atoms with Crippen molar-refractivity contribution in [3.63, 3.8) is 0 Å². The molecule has 0 atom stereocenters. The lowest BCUT2D eigenvalue weighted by molar-refractivity contribution is -0.189. The number of hydrogen-bond acceptors (Lipinski definition) is 1. The largest absolute Gasteiger partial charge is 0.432 e. The minimum Gasteiger partial charge on any atom is -0.429 e. The van der Waals surface area contributed by atoms with Crippen molar-refractivity contribution in [3.8, 4) is 16.9 Å². The molecule has 0 fully saturated rings. The molecule has 1 nitrogen and oxygen atoms in total. The Balaban J connectivity index is 2.02. The molecule has 0 saturated heterocycles. The monoisotopic (exact) mass is 438 g/mol. The van der Waals surface area contributed by atoms with Crippen LogP contribution in [0.5, 0.6) is 5.75 Å². The van der Waals surface area contributed by atoms with Gasteiger partial charge in [0.15, 0.2) is 17.5 Å². The van der Waals surface area contributed by atoms with Crippen LogP contribution in [-0.2, 0) is 6.11 Å². The van der Waals surface area contributed by atoms with E-state index in [9.17, 15) is 35.1 Å². The third-order valence-corrected chi connectivity index (χ3v) is 4.01. The molecule has 3 aromatic carbocycles. The van der Waals surface area contributed by atoms with Crippen molar-refractivity contribution in [2.45, 2.75) is 6.11 Å². The zero-order valence-corrected chi connectivity index (χ0v) is 14.6. The van der Waals surface area contributed by atoms with Gasteiger partial charge in [0, 0.05) is 22.7 Å². The van der Waals surface area contributed by atoms with Gasteiger partial charge in [0.2, 0.25) is 0 Å². The molecule has 3 aromatic rings. The fourth-order valence-corrected chi connectivity index (χ4v) is 2.68. The molecule has 0 amide bonds. The van der Waals surface area contributed by atoms with Gasteiger partial charge in [-0.1, -0.05) is 11.6 Å². The first-order valence-electron chi connectivity index (χ1n) is 7.66. The van der Waals surface area contributed by atoms with E-state index >= 15 is 0 Å². The van der Waals surface area contributed by atoms with Crippen LogP contribution in [-0.4, -0.2) is 0 Å². The van der Waals surface area contributed by atoms with Gasteiger partial charge in [-0.15, -0.1) is 0 Å². The van der Waals surface area contributed by atoms with Crippen LogP contribution in [0.15, 0.2) is 42.5 Å². The Kier molecular flexibility index (Phi) is 5.44. The summed E-state index contributed by atoms with van der Waals surface area (Å²) in [5, 5.41) is 0.00232. The van der Waals surface area contributed by atoms with Crippen molar-refractivity contribution in [2.75, 3.05) is 0 Å². The van der Waals surface area contributed by atoms with Crippen molar-refractivity contribution >= 4 is 11.6 Å². The topological polar surface area (TPSA) is 9.23 Å². The number of benzene rings is 3. The Morgan fingerprint density at radius 2 is 1.24 bits per heavy atom. The van der Waals surface area contributed by atoms with Gasteiger partial charge < -0.3 is 4.74 Å². The van der Waals surface area contributed by atoms with E-state index < -0.39 is 57.9 Å². The van der Waals surface area contributed by atoms with Crippen LogP contribution in [0.3, 0.4) is 0 Å². The fourth-order valence-electron chi connectivity index (χ4n) is 2.52. The lowest BCUT2D eigenvalue weighted by atomic mass is 10.0. The summed E-state index contributed by atoms with van der Waals surface area (Å²) in [6.45, 7) is 0. The molecule has 0 heterocycles. The fraction of sp³-hybridized carbons (Fsp3) is 0.0526. The van der Waals surface area contributed by atoms with Crippen LogP contribution in [0, 0.1) is 34.9 Å². The summed E-state index contributed by atoms with van der Waals surface area (Å²) in [4.78, 5) is 0. The van der Waals surface area contributed by atoms with E-state index in [0.717, 1.165) is 12.1 Å². The molecule has 29 heavy (non-hydrogen) atoms. The predicted octanol–water partition coefficient (Wildman–Crippen LogP) is 6.97. The molecule has 3 rings (SSSR count). The van der Waals surface area contributed by atoms with Crippen LogP contribution in [0.2, 0.25) is 5.02 Å². The predicted molar refractivity (Wildman–Crippen MR) is 87.6 cm³/mol. The highest BCUT2D eigenvalue weighted by molar-refractivity contribution is 6.30. The number of alkyl halides is 2. The van der Waals surface area contributed by atoms with Gasteiger partial charge in [-0.05, 0) is 35.9 Å². The summed E-state index contributed by atoms with van der Waals surface area (Å²) < 4.78 is 114. The van der Waals surface area contributed by atoms with Crippen molar-refractivity contribution < 1.29 is 39.9 Å². The maximum atomic E-state index is 14.3. The summed E-state index contributed by atoms with van der Waals surface area (Å²) in [5.74, 6) is -11.4. The maximum absolute atomic E-state index is 14.3. The molecule has 10 heteroatoms. The Morgan fingerprint density at radius 1 is 0.690 bits per heavy atom. The zero-order valence-electron chi connectivity index (χ0n) is 13.9. The van der Waals surface area contributed by atoms with Gasteiger partial charge in [0.1, 0.15) is 28.8 Å². The molecule has 0 aliphatic heterocycles. The third-order valence-electron chi connectivity index (χ3n) is 3.78. The molecule has 0 saturated carbocycles. The summed E-state index contributed by atoms with van der Waals surface area (Å²) in [7, 11) is 0. The van der Waals surface area contributed by atoms with Gasteiger partial charge in [0.25, 0.3) is 0 Å². The summed E-state index contributed by atoms with van der Waals surface area (Å²) >= 11 is 5.58. The highest BCUT2D eigenvalue weighted by Crippen LogP contribution is 2.38. The van der Waals surface area contributed by atoms with Crippen LogP contribution < -0.4 is 4.74 Å². The average molecular weight is 439 g/mol. The molecule has 0 aliphatic carbocycles. The molecule has 0 aliphatic rings. The average Bonchev–Trinajstić information content (AvgIpc) is 2.58. The molecule has 0 radical (unpaired) electrons. The highest BCUT2D eigenvalue weighted by atomic mass is 35.5. The summed E-state index contributed by atoms with van der Waals surface area (Å²) in [6.07, 6.45) is -4.73. The van der Waals surface area contributed by atoms with Crippen LogP contribution in [0.1, 0.15) is 5.56 Å². The normalized spacial score (nSPS) is 11.6. The lowest BCUT2D eigenvalue weighted by Crippen LogP contribution is -2.25. The zero-order chi connectivity index (χ0) is 21.5. The standard InChI is InChI=1S/C19H7ClF8O/c20-9-1-2-11(12(21)5-9)8-3-13(22)17(14(23)4-8)19(27,28)29-10-6-15(24)18(26)16(25)7-10/h1-7H. The smallest absolute Gasteiger partial charge is 0.429 e. The lowest BCUT2D eigenvalue weighted by Gasteiger charge is -2.20. The van der Waals surface area contributed by atoms with Crippen LogP contribution in [0.4, 0.5) is 35.1 Å². The summed E-state index contributed by atoms with van der Waals surface area (Å²) in [6, 6.07) is 4.18. The van der Waals surface area contributed by atoms with Crippen molar-refractivity contribution in [1.29, 1.82) is 0 Å². The van der Waals surface area contributed by atoms with Crippen LogP contribution in [0.25, 0.3) is 11.1 Å². The highest BCUT2D eigenvalue weighted by Gasteiger charge is 2.41. The second-order valence-corrected chi connectivity index (χ2v) is 6.20. The third kappa shape index (κ3) is 4.14. The molecule has 0 bridgehead atoms. The van der Waals surface area contributed by atoms with E-state index in [4.69, 9.17) is 11.6 Å². The Bertz CT molecular complexity index is 1050. The van der Waals surface area contributed by atoms with E-state index in [1.54, 1.807) is 0 Å². The molecular formula is C19H7ClF8O. The number of ether oxygens (including phenoxy) is 1. The maximum Gasteiger partial charge on any atom is 0.432 e. The van der Waals surface area contributed by atoms with E-state index in [1.807, 2.05) is 0 Å². The molecule has 0 aromatic heterocycles. The van der Waals surface area contributed by atoms with Gasteiger partial charge in [-0.25, -0.2) is 26.3 Å². The Labute approximate surface area is 163 Å². The first-order chi connectivity index (χ1) is 13.5. The molecule has 0 spiro atoms. The number of hydrogen-bond donors (Lipinski definition) is 0. The molecule has 0 unspecified atom stereocenters. The second-order valence-electron chi connectivity index (χ2n) is 5.76. The van der Waals surface area contributed by atoms with Gasteiger partial charge in [-0.3, -0.25) is 0 Å². The van der Waals surface area contributed by atoms with E-state index in [-0.39, 0.29) is 22.7 Å². The van der Waals surface area contributed by atoms with E-state index in [1.165, 1.54) is 6.07 Å². The first kappa shape index (κ1) is 20.9. The van der Waals surface area contributed by atoms with Gasteiger partial charge in [-0.2, -0.15) is 8.78 Å². The minimum atomic E-state index is -4.73.